The van der Waals surface area contributed by atoms with Crippen LogP contribution in [0.4, 0.5) is 0 Å². The van der Waals surface area contributed by atoms with Crippen molar-refractivity contribution in [2.45, 2.75) is 37.7 Å². The first kappa shape index (κ1) is 21.3. The molecule has 150 valence electrons. The number of rotatable bonds is 7. The molecule has 0 aromatic heterocycles. The highest BCUT2D eigenvalue weighted by atomic mass is 32.2. The maximum absolute atomic E-state index is 10.7. The molecular weight excluding hydrogens is 384 g/mol. The summed E-state index contributed by atoms with van der Waals surface area (Å²) in [6.45, 7) is 8.67. The molecule has 0 radical (unpaired) electrons. The van der Waals surface area contributed by atoms with Gasteiger partial charge in [-0.2, -0.15) is 0 Å². The number of hydrogen-bond acceptors (Lipinski definition) is 4. The van der Waals surface area contributed by atoms with Gasteiger partial charge in [0.25, 0.3) is 0 Å². The number of fused-ring (bicyclic) bond motifs is 1. The number of aliphatic imine (C=N–C) groups is 1. The Morgan fingerprint density at radius 2 is 2.07 bits per heavy atom. The minimum atomic E-state index is -0.603. The zero-order valence-electron chi connectivity index (χ0n) is 16.6. The predicted molar refractivity (Wildman–Crippen MR) is 126 cm³/mol. The fourth-order valence-corrected chi connectivity index (χ4v) is 5.71. The Morgan fingerprint density at radius 3 is 2.79 bits per heavy atom. The van der Waals surface area contributed by atoms with Crippen molar-refractivity contribution in [1.82, 2.24) is 4.90 Å². The summed E-state index contributed by atoms with van der Waals surface area (Å²) in [5, 5.41) is 14.1. The van der Waals surface area contributed by atoms with Crippen LogP contribution in [0.1, 0.15) is 32.1 Å². The summed E-state index contributed by atoms with van der Waals surface area (Å²) >= 11 is 3.20. The van der Waals surface area contributed by atoms with E-state index in [-0.39, 0.29) is 5.41 Å². The van der Waals surface area contributed by atoms with Crippen LogP contribution >= 0.6 is 23.5 Å². The number of allylic oxidation sites excluding steroid dienone is 2. The predicted octanol–water partition coefficient (Wildman–Crippen LogP) is 3.94. The molecule has 1 unspecified atom stereocenters. The maximum Gasteiger partial charge on any atom is 0.177 e. The molecule has 1 saturated heterocycles. The second kappa shape index (κ2) is 9.86. The number of aliphatic hydroxyl groups is 1. The molecule has 0 saturated carbocycles. The standard InChI is InChI=1S/C23H30N2OS2/c1-4-14-23(15-5-2)16-25(22(26)27-3)21(28-17-23)24-20-13-9-7-11-18-10-6-8-12-19(18)20/h4-6,8,10-12,22,26H,1-2,7,9,13-17H2,3H3. The molecular formula is C23H30N2OS2. The molecule has 1 atom stereocenters. The van der Waals surface area contributed by atoms with Crippen LogP contribution in [-0.2, 0) is 0 Å². The van der Waals surface area contributed by atoms with Gasteiger partial charge in [-0.1, -0.05) is 54.3 Å². The van der Waals surface area contributed by atoms with Crippen molar-refractivity contribution < 1.29 is 5.11 Å². The normalized spacial score (nSPS) is 21.4. The number of thioether (sulfide) groups is 2. The lowest BCUT2D eigenvalue weighted by molar-refractivity contribution is 0.0985. The highest BCUT2D eigenvalue weighted by Crippen LogP contribution is 2.40. The second-order valence-corrected chi connectivity index (χ2v) is 9.32. The van der Waals surface area contributed by atoms with Gasteiger partial charge in [-0.3, -0.25) is 0 Å². The third kappa shape index (κ3) is 4.76. The molecule has 1 aliphatic carbocycles. The zero-order chi connectivity index (χ0) is 20.0. The third-order valence-corrected chi connectivity index (χ3v) is 7.39. The van der Waals surface area contributed by atoms with Gasteiger partial charge < -0.3 is 10.0 Å². The van der Waals surface area contributed by atoms with E-state index in [9.17, 15) is 5.11 Å². The van der Waals surface area contributed by atoms with Crippen LogP contribution in [0, 0.1) is 5.41 Å². The average Bonchev–Trinajstić information content (AvgIpc) is 2.91. The first-order valence-corrected chi connectivity index (χ1v) is 12.1. The average molecular weight is 415 g/mol. The number of nitrogens with zero attached hydrogens (tertiary/aromatic N) is 2. The summed E-state index contributed by atoms with van der Waals surface area (Å²) in [7, 11) is 0. The molecule has 1 aromatic rings. The van der Waals surface area contributed by atoms with E-state index in [1.165, 1.54) is 22.2 Å². The van der Waals surface area contributed by atoms with Crippen molar-refractivity contribution in [1.29, 1.82) is 0 Å². The fraction of sp³-hybridized carbons (Fsp3) is 0.435. The van der Waals surface area contributed by atoms with Crippen LogP contribution in [-0.4, -0.2) is 39.3 Å². The van der Waals surface area contributed by atoms with Gasteiger partial charge in [-0.05, 0) is 43.6 Å². The molecule has 1 aromatic carbocycles. The largest absolute Gasteiger partial charge is 0.364 e. The van der Waals surface area contributed by atoms with Gasteiger partial charge in [-0.25, -0.2) is 4.99 Å². The van der Waals surface area contributed by atoms with Crippen LogP contribution in [0.2, 0.25) is 0 Å². The quantitative estimate of drug-likeness (QED) is 0.541. The first-order valence-electron chi connectivity index (χ1n) is 9.82. The molecule has 0 amide bonds. The number of benzene rings is 1. The molecule has 28 heavy (non-hydrogen) atoms. The van der Waals surface area contributed by atoms with Crippen LogP contribution in [0.3, 0.4) is 0 Å². The summed E-state index contributed by atoms with van der Waals surface area (Å²) in [5.74, 6) is 0.961. The van der Waals surface area contributed by atoms with E-state index < -0.39 is 5.56 Å². The molecule has 1 aliphatic heterocycles. The Kier molecular flexibility index (Phi) is 7.49. The molecule has 1 fully saturated rings. The van der Waals surface area contributed by atoms with Crippen molar-refractivity contribution in [3.63, 3.8) is 0 Å². The van der Waals surface area contributed by atoms with E-state index in [1.54, 1.807) is 11.8 Å². The van der Waals surface area contributed by atoms with Gasteiger partial charge in [0, 0.05) is 22.9 Å². The number of amidine groups is 1. The monoisotopic (exact) mass is 414 g/mol. The highest BCUT2D eigenvalue weighted by molar-refractivity contribution is 8.14. The van der Waals surface area contributed by atoms with Crippen molar-refractivity contribution in [2.75, 3.05) is 18.6 Å². The molecule has 0 spiro atoms. The summed E-state index contributed by atoms with van der Waals surface area (Å²) in [6, 6.07) is 8.50. The lowest BCUT2D eigenvalue weighted by Crippen LogP contribution is -2.50. The Bertz CT molecular complexity index is 852. The smallest absolute Gasteiger partial charge is 0.177 e. The van der Waals surface area contributed by atoms with Gasteiger partial charge in [0.2, 0.25) is 0 Å². The van der Waals surface area contributed by atoms with Gasteiger partial charge in [-0.15, -0.1) is 24.9 Å². The summed E-state index contributed by atoms with van der Waals surface area (Å²) in [6.07, 6.45) is 13.2. The Hall–Kier alpha value is -1.43. The topological polar surface area (TPSA) is 35.8 Å². The Balaban J connectivity index is 2.03. The first-order chi connectivity index (χ1) is 13.6. The van der Waals surface area contributed by atoms with Crippen LogP contribution in [0.25, 0.3) is 11.8 Å². The number of hydrogen-bond donors (Lipinski definition) is 1. The SMILES string of the molecule is C=CCC1(CC=C)CSC(=NC2=c3ccccc3=CCCC2)N(C(O)SC)C1. The van der Waals surface area contributed by atoms with Crippen LogP contribution < -0.4 is 10.4 Å². The van der Waals surface area contributed by atoms with Gasteiger partial charge >= 0.3 is 0 Å². The third-order valence-electron chi connectivity index (χ3n) is 5.38. The lowest BCUT2D eigenvalue weighted by Gasteiger charge is -2.44. The van der Waals surface area contributed by atoms with Crippen molar-refractivity contribution in [3.05, 3.63) is 60.0 Å². The molecule has 3 rings (SSSR count). The molecule has 1 N–H and O–H groups in total. The van der Waals surface area contributed by atoms with Crippen molar-refractivity contribution in [3.8, 4) is 0 Å². The van der Waals surface area contributed by atoms with E-state index in [0.717, 1.165) is 55.3 Å². The highest BCUT2D eigenvalue weighted by Gasteiger charge is 2.39. The minimum Gasteiger partial charge on any atom is -0.364 e. The van der Waals surface area contributed by atoms with E-state index >= 15 is 0 Å². The molecule has 5 heteroatoms. The molecule has 2 aliphatic rings. The lowest BCUT2D eigenvalue weighted by atomic mass is 9.82. The molecule has 1 heterocycles. The van der Waals surface area contributed by atoms with E-state index in [4.69, 9.17) is 4.99 Å². The fourth-order valence-electron chi connectivity index (χ4n) is 3.95. The van der Waals surface area contributed by atoms with E-state index in [0.29, 0.717) is 0 Å². The Labute approximate surface area is 177 Å². The maximum atomic E-state index is 10.7. The van der Waals surface area contributed by atoms with Crippen molar-refractivity contribution >= 4 is 40.5 Å². The Morgan fingerprint density at radius 1 is 1.32 bits per heavy atom. The van der Waals surface area contributed by atoms with Crippen LogP contribution in [0.5, 0.6) is 0 Å². The molecule has 0 bridgehead atoms. The molecule has 3 nitrogen and oxygen atoms in total. The van der Waals surface area contributed by atoms with Gasteiger partial charge in [0.05, 0.1) is 5.70 Å². The second-order valence-electron chi connectivity index (χ2n) is 7.49. The summed E-state index contributed by atoms with van der Waals surface area (Å²) in [4.78, 5) is 7.18. The van der Waals surface area contributed by atoms with Gasteiger partial charge in [0.15, 0.2) is 10.7 Å². The van der Waals surface area contributed by atoms with Crippen molar-refractivity contribution in [2.24, 2.45) is 10.4 Å². The minimum absolute atomic E-state index is 0.0453. The van der Waals surface area contributed by atoms with Gasteiger partial charge in [0.1, 0.15) is 0 Å². The van der Waals surface area contributed by atoms with Crippen LogP contribution in [0.15, 0.2) is 54.6 Å². The van der Waals surface area contributed by atoms with E-state index in [2.05, 4.69) is 48.4 Å². The van der Waals surface area contributed by atoms with E-state index in [1.807, 2.05) is 18.4 Å². The zero-order valence-corrected chi connectivity index (χ0v) is 18.3. The summed E-state index contributed by atoms with van der Waals surface area (Å²) in [5.41, 5.74) is 0.572. The number of aliphatic hydroxyl groups excluding tert-OH is 1. The summed E-state index contributed by atoms with van der Waals surface area (Å²) < 4.78 is 0.